The number of carbonyl (C=O) groups is 2. The number of nitrogens with zero attached hydrogens (tertiary/aromatic N) is 1. The molecule has 1 heterocycles. The predicted octanol–water partition coefficient (Wildman–Crippen LogP) is 2.20. The zero-order valence-electron chi connectivity index (χ0n) is 12.8. The average molecular weight is 330 g/mol. The van der Waals surface area contributed by atoms with Crippen molar-refractivity contribution < 1.29 is 9.59 Å². The molecule has 6 nitrogen and oxygen atoms in total. The Morgan fingerprint density at radius 1 is 1.35 bits per heavy atom. The first-order chi connectivity index (χ1) is 11.1. The van der Waals surface area contributed by atoms with Gasteiger partial charge in [-0.15, -0.1) is 11.3 Å². The molecule has 0 spiro atoms. The fourth-order valence-electron chi connectivity index (χ4n) is 2.04. The van der Waals surface area contributed by atoms with Gasteiger partial charge in [-0.05, 0) is 37.5 Å². The summed E-state index contributed by atoms with van der Waals surface area (Å²) in [4.78, 5) is 27.8. The van der Waals surface area contributed by atoms with Crippen molar-refractivity contribution in [2.75, 3.05) is 11.9 Å². The number of aryl methyl sites for hydroxylation is 1. The highest BCUT2D eigenvalue weighted by Gasteiger charge is 2.23. The molecule has 1 aromatic carbocycles. The number of amides is 2. The molecule has 2 aromatic rings. The summed E-state index contributed by atoms with van der Waals surface area (Å²) in [5.41, 5.74) is 2.38. The van der Waals surface area contributed by atoms with Crippen LogP contribution in [-0.4, -0.2) is 29.4 Å². The van der Waals surface area contributed by atoms with Crippen molar-refractivity contribution in [2.45, 2.75) is 25.8 Å². The van der Waals surface area contributed by atoms with E-state index in [1.165, 1.54) is 11.3 Å². The monoisotopic (exact) mass is 330 g/mol. The normalized spacial score (nSPS) is 13.4. The van der Waals surface area contributed by atoms with E-state index < -0.39 is 0 Å². The lowest BCUT2D eigenvalue weighted by atomic mass is 10.2. The van der Waals surface area contributed by atoms with Crippen LogP contribution in [0.15, 0.2) is 29.6 Å². The van der Waals surface area contributed by atoms with Crippen molar-refractivity contribution in [3.05, 3.63) is 40.9 Å². The SMILES string of the molecule is Cc1cccc(Nc2nc(C(=O)NCC(=O)NC3CC3)cs2)c1. The van der Waals surface area contributed by atoms with Gasteiger partial charge in [0.25, 0.3) is 5.91 Å². The van der Waals surface area contributed by atoms with E-state index >= 15 is 0 Å². The Morgan fingerprint density at radius 3 is 2.91 bits per heavy atom. The van der Waals surface area contributed by atoms with E-state index in [1.54, 1.807) is 5.38 Å². The van der Waals surface area contributed by atoms with E-state index in [9.17, 15) is 9.59 Å². The van der Waals surface area contributed by atoms with Crippen LogP contribution in [-0.2, 0) is 4.79 Å². The Kier molecular flexibility index (Phi) is 4.57. The topological polar surface area (TPSA) is 83.1 Å². The first kappa shape index (κ1) is 15.5. The zero-order valence-corrected chi connectivity index (χ0v) is 13.6. The summed E-state index contributed by atoms with van der Waals surface area (Å²) in [5.74, 6) is -0.501. The molecule has 1 aliphatic rings. The number of rotatable bonds is 6. The van der Waals surface area contributed by atoms with E-state index in [4.69, 9.17) is 0 Å². The Bertz CT molecular complexity index is 724. The van der Waals surface area contributed by atoms with Crippen LogP contribution in [0.25, 0.3) is 0 Å². The largest absolute Gasteiger partial charge is 0.352 e. The minimum absolute atomic E-state index is 0.0203. The number of nitrogens with one attached hydrogen (secondary N) is 3. The molecular formula is C16H18N4O2S. The van der Waals surface area contributed by atoms with Gasteiger partial charge in [0.05, 0.1) is 6.54 Å². The van der Waals surface area contributed by atoms with Crippen molar-refractivity contribution in [3.63, 3.8) is 0 Å². The summed E-state index contributed by atoms with van der Waals surface area (Å²) in [6.45, 7) is 1.99. The Morgan fingerprint density at radius 2 is 2.17 bits per heavy atom. The van der Waals surface area contributed by atoms with E-state index in [-0.39, 0.29) is 18.4 Å². The van der Waals surface area contributed by atoms with Crippen molar-refractivity contribution >= 4 is 34.0 Å². The highest BCUT2D eigenvalue weighted by molar-refractivity contribution is 7.14. The van der Waals surface area contributed by atoms with Crippen LogP contribution in [0.2, 0.25) is 0 Å². The molecule has 1 aromatic heterocycles. The van der Waals surface area contributed by atoms with Crippen molar-refractivity contribution in [1.82, 2.24) is 15.6 Å². The number of thiazole rings is 1. The van der Waals surface area contributed by atoms with E-state index in [1.807, 2.05) is 31.2 Å². The Hall–Kier alpha value is -2.41. The second kappa shape index (κ2) is 6.78. The third kappa shape index (κ3) is 4.53. The third-order valence-electron chi connectivity index (χ3n) is 3.36. The van der Waals surface area contributed by atoms with Crippen molar-refractivity contribution in [1.29, 1.82) is 0 Å². The summed E-state index contributed by atoms with van der Waals surface area (Å²) >= 11 is 1.35. The summed E-state index contributed by atoms with van der Waals surface area (Å²) < 4.78 is 0. The molecule has 0 atom stereocenters. The quantitative estimate of drug-likeness (QED) is 0.758. The van der Waals surface area contributed by atoms with Gasteiger partial charge in [0, 0.05) is 17.1 Å². The molecule has 0 radical (unpaired) electrons. The summed E-state index contributed by atoms with van der Waals surface area (Å²) in [6, 6.07) is 8.21. The molecule has 0 bridgehead atoms. The Labute approximate surface area is 138 Å². The minimum atomic E-state index is -0.343. The number of aromatic nitrogens is 1. The maximum Gasteiger partial charge on any atom is 0.271 e. The van der Waals surface area contributed by atoms with Crippen LogP contribution < -0.4 is 16.0 Å². The van der Waals surface area contributed by atoms with Gasteiger partial charge in [0.15, 0.2) is 5.13 Å². The fourth-order valence-corrected chi connectivity index (χ4v) is 2.75. The van der Waals surface area contributed by atoms with Crippen LogP contribution in [0.4, 0.5) is 10.8 Å². The molecule has 3 N–H and O–H groups in total. The summed E-state index contributed by atoms with van der Waals surface area (Å²) in [7, 11) is 0. The lowest BCUT2D eigenvalue weighted by Gasteiger charge is -2.04. The predicted molar refractivity (Wildman–Crippen MR) is 90.1 cm³/mol. The van der Waals surface area contributed by atoms with Gasteiger partial charge in [-0.2, -0.15) is 0 Å². The third-order valence-corrected chi connectivity index (χ3v) is 4.12. The van der Waals surface area contributed by atoms with Crippen LogP contribution >= 0.6 is 11.3 Å². The van der Waals surface area contributed by atoms with Gasteiger partial charge in [0.2, 0.25) is 5.91 Å². The van der Waals surface area contributed by atoms with Crippen LogP contribution in [0.3, 0.4) is 0 Å². The van der Waals surface area contributed by atoms with Crippen LogP contribution in [0, 0.1) is 6.92 Å². The molecule has 7 heteroatoms. The van der Waals surface area contributed by atoms with E-state index in [0.29, 0.717) is 16.9 Å². The van der Waals surface area contributed by atoms with Crippen LogP contribution in [0.1, 0.15) is 28.9 Å². The molecule has 120 valence electrons. The highest BCUT2D eigenvalue weighted by Crippen LogP contribution is 2.21. The number of carbonyl (C=O) groups excluding carboxylic acids is 2. The first-order valence-corrected chi connectivity index (χ1v) is 8.35. The van der Waals surface area contributed by atoms with Crippen LogP contribution in [0.5, 0.6) is 0 Å². The molecule has 3 rings (SSSR count). The molecule has 1 fully saturated rings. The maximum absolute atomic E-state index is 12.0. The van der Waals surface area contributed by atoms with Crippen molar-refractivity contribution in [2.24, 2.45) is 0 Å². The number of benzene rings is 1. The molecule has 23 heavy (non-hydrogen) atoms. The maximum atomic E-state index is 12.0. The molecule has 1 saturated carbocycles. The average Bonchev–Trinajstić information content (AvgIpc) is 3.20. The van der Waals surface area contributed by atoms with E-state index in [0.717, 1.165) is 24.1 Å². The molecule has 0 aliphatic heterocycles. The van der Waals surface area contributed by atoms with Gasteiger partial charge in [-0.1, -0.05) is 12.1 Å². The minimum Gasteiger partial charge on any atom is -0.352 e. The second-order valence-corrected chi connectivity index (χ2v) is 6.41. The molecule has 2 amide bonds. The first-order valence-electron chi connectivity index (χ1n) is 7.47. The standard InChI is InChI=1S/C16H18N4O2S/c1-10-3-2-4-12(7-10)19-16-20-13(9-23-16)15(22)17-8-14(21)18-11-5-6-11/h2-4,7,9,11H,5-6,8H2,1H3,(H,17,22)(H,18,21)(H,19,20). The zero-order chi connectivity index (χ0) is 16.2. The van der Waals surface area contributed by atoms with Crippen molar-refractivity contribution in [3.8, 4) is 0 Å². The fraction of sp³-hybridized carbons (Fsp3) is 0.312. The van der Waals surface area contributed by atoms with Gasteiger partial charge < -0.3 is 16.0 Å². The van der Waals surface area contributed by atoms with Gasteiger partial charge >= 0.3 is 0 Å². The molecular weight excluding hydrogens is 312 g/mol. The lowest BCUT2D eigenvalue weighted by molar-refractivity contribution is -0.120. The van der Waals surface area contributed by atoms with E-state index in [2.05, 4.69) is 20.9 Å². The molecule has 0 saturated heterocycles. The smallest absolute Gasteiger partial charge is 0.271 e. The van der Waals surface area contributed by atoms with Gasteiger partial charge in [-0.3, -0.25) is 9.59 Å². The summed E-state index contributed by atoms with van der Waals surface area (Å²) in [6.07, 6.45) is 2.06. The van der Waals surface area contributed by atoms with Gasteiger partial charge in [-0.25, -0.2) is 4.98 Å². The number of hydrogen-bond donors (Lipinski definition) is 3. The Balaban J connectivity index is 1.53. The summed E-state index contributed by atoms with van der Waals surface area (Å²) in [5, 5.41) is 10.9. The molecule has 0 unspecified atom stereocenters. The number of anilines is 2. The molecule has 1 aliphatic carbocycles. The number of hydrogen-bond acceptors (Lipinski definition) is 5. The van der Waals surface area contributed by atoms with Gasteiger partial charge in [0.1, 0.15) is 5.69 Å². The lowest BCUT2D eigenvalue weighted by Crippen LogP contribution is -2.37. The highest BCUT2D eigenvalue weighted by atomic mass is 32.1. The second-order valence-electron chi connectivity index (χ2n) is 5.56.